The number of esters is 3. The molecule has 0 saturated heterocycles. The Morgan fingerprint density at radius 2 is 0.470 bits per heavy atom. The van der Waals surface area contributed by atoms with E-state index in [9.17, 15) is 14.4 Å². The van der Waals surface area contributed by atoms with Crippen molar-refractivity contribution in [2.75, 3.05) is 13.2 Å². The molecule has 0 spiro atoms. The number of rotatable bonds is 63. The van der Waals surface area contributed by atoms with Crippen molar-refractivity contribution in [1.29, 1.82) is 0 Å². The van der Waals surface area contributed by atoms with Crippen LogP contribution in [0.15, 0.2) is 122 Å². The second-order valence-electron chi connectivity index (χ2n) is 23.1. The van der Waals surface area contributed by atoms with Crippen molar-refractivity contribution >= 4 is 17.9 Å². The molecule has 6 nitrogen and oxygen atoms in total. The quantitative estimate of drug-likeness (QED) is 0.0261. The van der Waals surface area contributed by atoms with Gasteiger partial charge in [0, 0.05) is 19.3 Å². The maximum absolute atomic E-state index is 12.9. The van der Waals surface area contributed by atoms with E-state index >= 15 is 0 Å². The summed E-state index contributed by atoms with van der Waals surface area (Å²) in [5.74, 6) is -0.904. The lowest BCUT2D eigenvalue weighted by molar-refractivity contribution is -0.167. The largest absolute Gasteiger partial charge is 0.462 e. The monoisotopic (exact) mass is 1150 g/mol. The molecule has 6 heteroatoms. The summed E-state index contributed by atoms with van der Waals surface area (Å²) in [6, 6.07) is 0. The summed E-state index contributed by atoms with van der Waals surface area (Å²) in [7, 11) is 0. The van der Waals surface area contributed by atoms with Gasteiger partial charge in [0.1, 0.15) is 13.2 Å². The first-order chi connectivity index (χ1) is 41.0. The zero-order chi connectivity index (χ0) is 59.9. The van der Waals surface area contributed by atoms with Gasteiger partial charge in [-0.25, -0.2) is 0 Å². The Kier molecular flexibility index (Phi) is 66.7. The second-order valence-corrected chi connectivity index (χ2v) is 23.1. The fourth-order valence-electron chi connectivity index (χ4n) is 9.73. The van der Waals surface area contributed by atoms with E-state index < -0.39 is 6.10 Å². The van der Waals surface area contributed by atoms with Crippen LogP contribution in [0, 0.1) is 0 Å². The molecule has 0 aliphatic rings. The molecule has 0 aromatic rings. The van der Waals surface area contributed by atoms with Crippen molar-refractivity contribution in [1.82, 2.24) is 0 Å². The summed E-state index contributed by atoms with van der Waals surface area (Å²) in [5, 5.41) is 0. The van der Waals surface area contributed by atoms with Gasteiger partial charge in [0.2, 0.25) is 0 Å². The Labute approximate surface area is 513 Å². The van der Waals surface area contributed by atoms with Gasteiger partial charge in [-0.1, -0.05) is 316 Å². The number of carbonyl (C=O) groups is 3. The van der Waals surface area contributed by atoms with E-state index in [-0.39, 0.29) is 31.1 Å². The molecule has 0 radical (unpaired) electrons. The van der Waals surface area contributed by atoms with Crippen molar-refractivity contribution in [3.8, 4) is 0 Å². The lowest BCUT2D eigenvalue weighted by atomic mass is 10.0. The molecule has 0 aromatic carbocycles. The first-order valence-electron chi connectivity index (χ1n) is 35.0. The van der Waals surface area contributed by atoms with Crippen molar-refractivity contribution in [3.63, 3.8) is 0 Å². The molecule has 0 N–H and O–H groups in total. The smallest absolute Gasteiger partial charge is 0.306 e. The molecule has 0 aliphatic carbocycles. The second kappa shape index (κ2) is 70.3. The Morgan fingerprint density at radius 1 is 0.253 bits per heavy atom. The van der Waals surface area contributed by atoms with Gasteiger partial charge in [0.25, 0.3) is 0 Å². The molecular weight excluding hydrogens is 1020 g/mol. The normalized spacial score (nSPS) is 12.9. The summed E-state index contributed by atoms with van der Waals surface area (Å²) < 4.78 is 16.9. The Balaban J connectivity index is 4.31. The summed E-state index contributed by atoms with van der Waals surface area (Å²) in [6.07, 6.45) is 97.9. The van der Waals surface area contributed by atoms with Crippen LogP contribution >= 0.6 is 0 Å². The van der Waals surface area contributed by atoms with Crippen LogP contribution in [0.25, 0.3) is 0 Å². The van der Waals surface area contributed by atoms with Gasteiger partial charge in [-0.3, -0.25) is 14.4 Å². The number of unbranched alkanes of at least 4 members (excludes halogenated alkanes) is 32. The van der Waals surface area contributed by atoms with Gasteiger partial charge in [-0.05, 0) is 116 Å². The number of hydrogen-bond donors (Lipinski definition) is 0. The molecule has 0 rings (SSSR count). The Morgan fingerprint density at radius 3 is 0.771 bits per heavy atom. The van der Waals surface area contributed by atoms with Crippen LogP contribution in [0.1, 0.15) is 329 Å². The zero-order valence-electron chi connectivity index (χ0n) is 54.4. The molecule has 83 heavy (non-hydrogen) atoms. The van der Waals surface area contributed by atoms with Crippen molar-refractivity contribution in [2.45, 2.75) is 335 Å². The molecular formula is C77H130O6. The summed E-state index contributed by atoms with van der Waals surface area (Å²) in [6.45, 7) is 6.51. The molecule has 1 unspecified atom stereocenters. The summed E-state index contributed by atoms with van der Waals surface area (Å²) in [5.41, 5.74) is 0. The minimum atomic E-state index is -0.791. The topological polar surface area (TPSA) is 78.9 Å². The molecule has 0 aliphatic heterocycles. The number of ether oxygens (including phenoxy) is 3. The highest BCUT2D eigenvalue weighted by atomic mass is 16.6. The van der Waals surface area contributed by atoms with Gasteiger partial charge in [0.15, 0.2) is 6.10 Å². The zero-order valence-corrected chi connectivity index (χ0v) is 54.4. The summed E-state index contributed by atoms with van der Waals surface area (Å²) >= 11 is 0. The highest BCUT2D eigenvalue weighted by molar-refractivity contribution is 5.71. The third-order valence-corrected chi connectivity index (χ3v) is 15.0. The van der Waals surface area contributed by atoms with E-state index in [1.54, 1.807) is 0 Å². The van der Waals surface area contributed by atoms with Crippen LogP contribution in [-0.2, 0) is 28.6 Å². The minimum absolute atomic E-state index is 0.0872. The third kappa shape index (κ3) is 68.5. The van der Waals surface area contributed by atoms with E-state index in [0.717, 1.165) is 141 Å². The average molecular weight is 1150 g/mol. The van der Waals surface area contributed by atoms with E-state index in [1.165, 1.54) is 148 Å². The molecule has 0 bridgehead atoms. The third-order valence-electron chi connectivity index (χ3n) is 15.0. The maximum Gasteiger partial charge on any atom is 0.306 e. The van der Waals surface area contributed by atoms with Gasteiger partial charge in [-0.15, -0.1) is 0 Å². The maximum atomic E-state index is 12.9. The molecule has 0 aromatic heterocycles. The first-order valence-corrected chi connectivity index (χ1v) is 35.0. The van der Waals surface area contributed by atoms with E-state index in [4.69, 9.17) is 14.2 Å². The number of hydrogen-bond acceptors (Lipinski definition) is 6. The summed E-state index contributed by atoms with van der Waals surface area (Å²) in [4.78, 5) is 38.4. The Hall–Kier alpha value is -4.19. The standard InChI is InChI=1S/C77H130O6/c1-4-7-10-13-16-19-22-25-27-29-31-33-34-35-36-37-38-39-40-41-42-43-44-45-47-48-50-52-55-58-61-64-67-70-76(79)82-73-74(72-81-75(78)69-66-63-60-57-54-24-21-18-15-12-9-6-3)83-77(80)71-68-65-62-59-56-53-51-49-46-32-30-28-26-23-20-17-14-11-8-5-2/h7,10,16,18-19,21,25,27,31,33,35-36,38-39,41-42,44-45,48,50,74H,4-6,8-9,11-15,17,20,22-24,26,28-30,32,34,37,40,43,46-47,49,51-73H2,1-3H3/b10-7-,19-16-,21-18-,27-25-,33-31-,36-35-,39-38-,42-41-,45-44-,50-48-. The molecule has 0 fully saturated rings. The van der Waals surface area contributed by atoms with E-state index in [0.29, 0.717) is 19.3 Å². The lowest BCUT2D eigenvalue weighted by Gasteiger charge is -2.18. The van der Waals surface area contributed by atoms with Crippen LogP contribution in [-0.4, -0.2) is 37.2 Å². The van der Waals surface area contributed by atoms with Crippen LogP contribution in [0.4, 0.5) is 0 Å². The van der Waals surface area contributed by atoms with Crippen molar-refractivity contribution in [3.05, 3.63) is 122 Å². The van der Waals surface area contributed by atoms with Crippen LogP contribution in [0.2, 0.25) is 0 Å². The number of carbonyl (C=O) groups excluding carboxylic acids is 3. The van der Waals surface area contributed by atoms with Crippen LogP contribution < -0.4 is 0 Å². The first kappa shape index (κ1) is 78.8. The van der Waals surface area contributed by atoms with Crippen LogP contribution in [0.3, 0.4) is 0 Å². The fraction of sp³-hybridized carbons (Fsp3) is 0.701. The average Bonchev–Trinajstić information content (AvgIpc) is 3.49. The molecule has 1 atom stereocenters. The lowest BCUT2D eigenvalue weighted by Crippen LogP contribution is -2.30. The van der Waals surface area contributed by atoms with Gasteiger partial charge in [-0.2, -0.15) is 0 Å². The SMILES string of the molecule is CC/C=C\C/C=C\C/C=C\C/C=C\C/C=C\C/C=C\C/C=C\C/C=C\C/C=C\CCCCCCCC(=O)OCC(COC(=O)CCCCCCC/C=C\CCCCC)OC(=O)CCCCCCCCCCCCCCCCCCCCCC. The minimum Gasteiger partial charge on any atom is -0.462 e. The van der Waals surface area contributed by atoms with Crippen molar-refractivity contribution < 1.29 is 28.6 Å². The fourth-order valence-corrected chi connectivity index (χ4v) is 9.73. The molecule has 0 amide bonds. The predicted molar refractivity (Wildman–Crippen MR) is 362 cm³/mol. The molecule has 0 heterocycles. The number of allylic oxidation sites excluding steroid dienone is 20. The highest BCUT2D eigenvalue weighted by Gasteiger charge is 2.19. The van der Waals surface area contributed by atoms with Gasteiger partial charge in [0.05, 0.1) is 0 Å². The predicted octanol–water partition coefficient (Wildman–Crippen LogP) is 24.3. The van der Waals surface area contributed by atoms with E-state index in [1.807, 2.05) is 0 Å². The van der Waals surface area contributed by atoms with Crippen molar-refractivity contribution in [2.24, 2.45) is 0 Å². The van der Waals surface area contributed by atoms with Gasteiger partial charge >= 0.3 is 17.9 Å². The molecule has 0 saturated carbocycles. The van der Waals surface area contributed by atoms with E-state index in [2.05, 4.69) is 142 Å². The Bertz CT molecular complexity index is 1700. The van der Waals surface area contributed by atoms with Crippen LogP contribution in [0.5, 0.6) is 0 Å². The van der Waals surface area contributed by atoms with Gasteiger partial charge < -0.3 is 14.2 Å². The molecule has 474 valence electrons. The highest BCUT2D eigenvalue weighted by Crippen LogP contribution is 2.17.